The van der Waals surface area contributed by atoms with Gasteiger partial charge in [-0.3, -0.25) is 0 Å². The Morgan fingerprint density at radius 2 is 2.24 bits per heavy atom. The van der Waals surface area contributed by atoms with Crippen LogP contribution in [0.3, 0.4) is 0 Å². The number of nitrogens with two attached hydrogens (primary N) is 1. The molecule has 2 N–H and O–H groups in total. The Balaban J connectivity index is 1.87. The average molecular weight is 299 g/mol. The minimum absolute atomic E-state index is 0.495. The highest BCUT2D eigenvalue weighted by Gasteiger charge is 2.25. The van der Waals surface area contributed by atoms with Crippen molar-refractivity contribution in [2.24, 2.45) is 5.73 Å². The molecule has 1 aromatic carbocycles. The Bertz CT molecular complexity index is 380. The van der Waals surface area contributed by atoms with Crippen LogP contribution in [0.5, 0.6) is 5.75 Å². The molecule has 0 spiro atoms. The van der Waals surface area contributed by atoms with E-state index in [0.29, 0.717) is 6.54 Å². The first-order valence-corrected chi connectivity index (χ1v) is 6.82. The molecule has 0 unspecified atom stereocenters. The Morgan fingerprint density at radius 1 is 1.47 bits per heavy atom. The Kier molecular flexibility index (Phi) is 4.42. The molecule has 1 aromatic rings. The molecule has 1 saturated carbocycles. The molecule has 1 aliphatic carbocycles. The van der Waals surface area contributed by atoms with Crippen molar-refractivity contribution in [3.05, 3.63) is 28.2 Å². The summed E-state index contributed by atoms with van der Waals surface area (Å²) in [5.74, 6) is 0.895. The monoisotopic (exact) mass is 298 g/mol. The first-order valence-electron chi connectivity index (χ1n) is 6.03. The predicted octanol–water partition coefficient (Wildman–Crippen LogP) is 2.38. The highest BCUT2D eigenvalue weighted by Crippen LogP contribution is 2.27. The van der Waals surface area contributed by atoms with E-state index in [2.05, 4.69) is 27.9 Å². The lowest BCUT2D eigenvalue weighted by molar-refractivity contribution is 0.230. The summed E-state index contributed by atoms with van der Waals surface area (Å²) in [6.07, 6.45) is 2.67. The molecule has 0 bridgehead atoms. The second-order valence-electron chi connectivity index (χ2n) is 4.48. The van der Waals surface area contributed by atoms with Crippen LogP contribution in [0.4, 0.5) is 0 Å². The van der Waals surface area contributed by atoms with Gasteiger partial charge in [0.2, 0.25) is 0 Å². The number of halogens is 1. The van der Waals surface area contributed by atoms with Gasteiger partial charge in [0.15, 0.2) is 0 Å². The molecule has 1 fully saturated rings. The fraction of sp³-hybridized carbons (Fsp3) is 0.538. The van der Waals surface area contributed by atoms with Crippen LogP contribution >= 0.6 is 15.9 Å². The van der Waals surface area contributed by atoms with Gasteiger partial charge < -0.3 is 15.4 Å². The summed E-state index contributed by atoms with van der Waals surface area (Å²) in [4.78, 5) is 2.36. The fourth-order valence-electron chi connectivity index (χ4n) is 1.87. The number of hydrogen-bond donors (Lipinski definition) is 1. The van der Waals surface area contributed by atoms with Crippen molar-refractivity contribution >= 4 is 15.9 Å². The predicted molar refractivity (Wildman–Crippen MR) is 73.2 cm³/mol. The third-order valence-corrected chi connectivity index (χ3v) is 3.89. The van der Waals surface area contributed by atoms with E-state index in [4.69, 9.17) is 10.5 Å². The van der Waals surface area contributed by atoms with E-state index < -0.39 is 0 Å². The molecule has 0 atom stereocenters. The van der Waals surface area contributed by atoms with Crippen LogP contribution in [0.25, 0.3) is 0 Å². The van der Waals surface area contributed by atoms with Gasteiger partial charge in [-0.15, -0.1) is 0 Å². The molecule has 0 aliphatic heterocycles. The van der Waals surface area contributed by atoms with E-state index in [1.165, 1.54) is 12.8 Å². The Morgan fingerprint density at radius 3 is 2.88 bits per heavy atom. The first kappa shape index (κ1) is 12.9. The normalized spacial score (nSPS) is 15.3. The van der Waals surface area contributed by atoms with Crippen LogP contribution in [0, 0.1) is 0 Å². The number of rotatable bonds is 6. The number of likely N-dealkylation sites (N-methyl/N-ethyl adjacent to an activating group) is 1. The second kappa shape index (κ2) is 5.85. The van der Waals surface area contributed by atoms with Gasteiger partial charge in [-0.1, -0.05) is 22.0 Å². The van der Waals surface area contributed by atoms with Gasteiger partial charge in [0.25, 0.3) is 0 Å². The van der Waals surface area contributed by atoms with Crippen molar-refractivity contribution in [3.63, 3.8) is 0 Å². The molecule has 0 amide bonds. The zero-order valence-corrected chi connectivity index (χ0v) is 11.7. The van der Waals surface area contributed by atoms with E-state index in [9.17, 15) is 0 Å². The molecule has 3 nitrogen and oxygen atoms in total. The van der Waals surface area contributed by atoms with Crippen molar-refractivity contribution in [1.29, 1.82) is 0 Å². The molecule has 94 valence electrons. The summed E-state index contributed by atoms with van der Waals surface area (Å²) in [6.45, 7) is 2.19. The molecule has 4 heteroatoms. The highest BCUT2D eigenvalue weighted by molar-refractivity contribution is 9.10. The summed E-state index contributed by atoms with van der Waals surface area (Å²) in [6, 6.07) is 6.73. The first-order chi connectivity index (χ1) is 8.22. The van der Waals surface area contributed by atoms with Gasteiger partial charge >= 0.3 is 0 Å². The summed E-state index contributed by atoms with van der Waals surface area (Å²) in [5.41, 5.74) is 6.76. The van der Waals surface area contributed by atoms with Crippen molar-refractivity contribution in [1.82, 2.24) is 4.90 Å². The Hall–Kier alpha value is -0.580. The van der Waals surface area contributed by atoms with E-state index >= 15 is 0 Å². The molecule has 0 aromatic heterocycles. The average Bonchev–Trinajstić information content (AvgIpc) is 3.13. The molecule has 0 saturated heterocycles. The van der Waals surface area contributed by atoms with Gasteiger partial charge in [-0.2, -0.15) is 0 Å². The van der Waals surface area contributed by atoms with E-state index in [1.54, 1.807) is 0 Å². The molecule has 0 radical (unpaired) electrons. The topological polar surface area (TPSA) is 38.5 Å². The van der Waals surface area contributed by atoms with Crippen molar-refractivity contribution < 1.29 is 4.74 Å². The zero-order valence-electron chi connectivity index (χ0n) is 10.2. The smallest absolute Gasteiger partial charge is 0.124 e. The lowest BCUT2D eigenvalue weighted by Gasteiger charge is -2.17. The van der Waals surface area contributed by atoms with Gasteiger partial charge in [0.05, 0.1) is 0 Å². The fourth-order valence-corrected chi connectivity index (χ4v) is 2.38. The molecule has 0 heterocycles. The van der Waals surface area contributed by atoms with E-state index in [-0.39, 0.29) is 0 Å². The zero-order chi connectivity index (χ0) is 12.3. The SMILES string of the molecule is CN(CCOc1cccc(Br)c1CN)C1CC1. The summed E-state index contributed by atoms with van der Waals surface area (Å²) >= 11 is 3.49. The van der Waals surface area contributed by atoms with Crippen molar-refractivity contribution in [2.75, 3.05) is 20.2 Å². The van der Waals surface area contributed by atoms with Crippen molar-refractivity contribution in [2.45, 2.75) is 25.4 Å². The van der Waals surface area contributed by atoms with Gasteiger partial charge in [0, 0.05) is 29.2 Å². The minimum Gasteiger partial charge on any atom is -0.492 e. The van der Waals surface area contributed by atoms with Gasteiger partial charge in [-0.05, 0) is 32.0 Å². The summed E-state index contributed by atoms with van der Waals surface area (Å²) in [7, 11) is 2.16. The second-order valence-corrected chi connectivity index (χ2v) is 5.34. The molecule has 17 heavy (non-hydrogen) atoms. The quantitative estimate of drug-likeness (QED) is 0.876. The maximum atomic E-state index is 5.81. The van der Waals surface area contributed by atoms with Crippen molar-refractivity contribution in [3.8, 4) is 5.75 Å². The third kappa shape index (κ3) is 3.44. The Labute approximate surface area is 111 Å². The largest absolute Gasteiger partial charge is 0.492 e. The standard InChI is InChI=1S/C13H19BrN2O/c1-16(10-5-6-10)7-8-17-13-4-2-3-12(14)11(13)9-15/h2-4,10H,5-9,15H2,1H3. The van der Waals surface area contributed by atoms with Crippen LogP contribution < -0.4 is 10.5 Å². The maximum absolute atomic E-state index is 5.81. The lowest BCUT2D eigenvalue weighted by Crippen LogP contribution is -2.26. The summed E-state index contributed by atoms with van der Waals surface area (Å²) < 4.78 is 6.83. The van der Waals surface area contributed by atoms with Gasteiger partial charge in [-0.25, -0.2) is 0 Å². The highest BCUT2D eigenvalue weighted by atomic mass is 79.9. The van der Waals surface area contributed by atoms with Gasteiger partial charge in [0.1, 0.15) is 12.4 Å². The van der Waals surface area contributed by atoms with Crippen LogP contribution in [-0.2, 0) is 6.54 Å². The van der Waals surface area contributed by atoms with Crippen LogP contribution in [0.15, 0.2) is 22.7 Å². The molecule has 1 aliphatic rings. The van der Waals surface area contributed by atoms with E-state index in [1.807, 2.05) is 18.2 Å². The minimum atomic E-state index is 0.495. The van der Waals surface area contributed by atoms with Crippen LogP contribution in [0.2, 0.25) is 0 Å². The third-order valence-electron chi connectivity index (χ3n) is 3.15. The molecular weight excluding hydrogens is 280 g/mol. The van der Waals surface area contributed by atoms with Crippen LogP contribution in [0.1, 0.15) is 18.4 Å². The van der Waals surface area contributed by atoms with Crippen LogP contribution in [-0.4, -0.2) is 31.1 Å². The number of ether oxygens (including phenoxy) is 1. The number of benzene rings is 1. The van der Waals surface area contributed by atoms with E-state index in [0.717, 1.165) is 35.0 Å². The summed E-state index contributed by atoms with van der Waals surface area (Å²) in [5, 5.41) is 0. The maximum Gasteiger partial charge on any atom is 0.124 e. The number of hydrogen-bond acceptors (Lipinski definition) is 3. The molecular formula is C13H19BrN2O. The molecule has 2 rings (SSSR count). The number of nitrogens with zero attached hydrogens (tertiary/aromatic N) is 1. The lowest BCUT2D eigenvalue weighted by atomic mass is 10.2.